The van der Waals surface area contributed by atoms with E-state index in [4.69, 9.17) is 11.5 Å². The fourth-order valence-corrected chi connectivity index (χ4v) is 0.552. The molecule has 0 aliphatic rings. The third-order valence-corrected chi connectivity index (χ3v) is 1.06. The van der Waals surface area contributed by atoms with Crippen LogP contribution in [0.4, 0.5) is 0 Å². The minimum atomic E-state index is 0. The third kappa shape index (κ3) is 6.50. The Kier molecular flexibility index (Phi) is 11.8. The molecule has 3 nitrogen and oxygen atoms in total. The van der Waals surface area contributed by atoms with Gasteiger partial charge in [0.25, 0.3) is 0 Å². The highest BCUT2D eigenvalue weighted by molar-refractivity contribution is 14.0. The van der Waals surface area contributed by atoms with Crippen LogP contribution in [0.1, 0.15) is 6.92 Å². The maximum atomic E-state index is 5.33. The molecule has 0 bridgehead atoms. The van der Waals surface area contributed by atoms with E-state index in [1.807, 2.05) is 6.92 Å². The largest absolute Gasteiger partial charge is 0.329 e. The summed E-state index contributed by atoms with van der Waals surface area (Å²) < 4.78 is 0. The van der Waals surface area contributed by atoms with E-state index < -0.39 is 0 Å². The predicted molar refractivity (Wildman–Crippen MR) is 51.0 cm³/mol. The Morgan fingerprint density at radius 2 is 1.78 bits per heavy atom. The molecule has 0 aromatic heterocycles. The highest BCUT2D eigenvalue weighted by Crippen LogP contribution is 1.71. The van der Waals surface area contributed by atoms with Crippen LogP contribution in [0.3, 0.4) is 0 Å². The van der Waals surface area contributed by atoms with Crippen molar-refractivity contribution in [3.63, 3.8) is 0 Å². The molecule has 0 aromatic carbocycles. The maximum Gasteiger partial charge on any atom is 0.0312 e. The lowest BCUT2D eigenvalue weighted by atomic mass is 10.3. The fraction of sp³-hybridized carbons (Fsp3) is 1.00. The summed E-state index contributed by atoms with van der Waals surface area (Å²) in [5.74, 6) is 0. The van der Waals surface area contributed by atoms with Gasteiger partial charge in [0.1, 0.15) is 0 Å². The van der Waals surface area contributed by atoms with Crippen molar-refractivity contribution in [1.29, 1.82) is 0 Å². The molecule has 0 saturated carbocycles. The number of rotatable bonds is 4. The number of nitrogens with two attached hydrogens (primary N) is 2. The molecule has 0 amide bonds. The molecule has 0 aliphatic carbocycles. The van der Waals surface area contributed by atoms with E-state index in [0.717, 1.165) is 6.54 Å². The van der Waals surface area contributed by atoms with Crippen molar-refractivity contribution in [2.24, 2.45) is 11.5 Å². The first-order valence-corrected chi connectivity index (χ1v) is 2.98. The number of hydrogen-bond acceptors (Lipinski definition) is 3. The summed E-state index contributed by atoms with van der Waals surface area (Å²) in [6.45, 7) is 4.24. The van der Waals surface area contributed by atoms with Gasteiger partial charge in [-0.3, -0.25) is 0 Å². The fourth-order valence-electron chi connectivity index (χ4n) is 0.552. The van der Waals surface area contributed by atoms with Crippen molar-refractivity contribution in [3.05, 3.63) is 0 Å². The summed E-state index contributed by atoms with van der Waals surface area (Å²) in [4.78, 5) is 0. The molecule has 0 atom stereocenters. The first-order chi connectivity index (χ1) is 3.85. The molecular formula is C5H16IN3. The Labute approximate surface area is 73.6 Å². The van der Waals surface area contributed by atoms with Crippen LogP contribution in [0.15, 0.2) is 0 Å². The number of likely N-dealkylation sites (N-methyl/N-ethyl adjacent to an activating group) is 1. The van der Waals surface area contributed by atoms with Crippen LogP contribution < -0.4 is 16.8 Å². The SMILES string of the molecule is CCNC(CN)CN.I. The van der Waals surface area contributed by atoms with Crippen LogP contribution in [0, 0.1) is 0 Å². The van der Waals surface area contributed by atoms with Crippen molar-refractivity contribution in [2.45, 2.75) is 13.0 Å². The van der Waals surface area contributed by atoms with Crippen molar-refractivity contribution in [2.75, 3.05) is 19.6 Å². The van der Waals surface area contributed by atoms with E-state index in [9.17, 15) is 0 Å². The van der Waals surface area contributed by atoms with Gasteiger partial charge in [0.15, 0.2) is 0 Å². The average Bonchev–Trinajstić information content (AvgIpc) is 1.83. The van der Waals surface area contributed by atoms with Crippen molar-refractivity contribution in [1.82, 2.24) is 5.32 Å². The van der Waals surface area contributed by atoms with E-state index in [0.29, 0.717) is 19.1 Å². The van der Waals surface area contributed by atoms with E-state index >= 15 is 0 Å². The highest BCUT2D eigenvalue weighted by Gasteiger charge is 1.97. The Bertz CT molecular complexity index is 47.5. The van der Waals surface area contributed by atoms with Crippen molar-refractivity contribution < 1.29 is 0 Å². The molecule has 0 saturated heterocycles. The Balaban J connectivity index is 0. The van der Waals surface area contributed by atoms with Crippen molar-refractivity contribution in [3.8, 4) is 0 Å². The summed E-state index contributed by atoms with van der Waals surface area (Å²) >= 11 is 0. The minimum absolute atomic E-state index is 0. The lowest BCUT2D eigenvalue weighted by Crippen LogP contribution is -2.41. The zero-order valence-corrected chi connectivity index (χ0v) is 8.09. The normalized spacial score (nSPS) is 9.33. The summed E-state index contributed by atoms with van der Waals surface area (Å²) in [7, 11) is 0. The number of hydrogen-bond donors (Lipinski definition) is 3. The topological polar surface area (TPSA) is 64.1 Å². The second-order valence-electron chi connectivity index (χ2n) is 1.73. The van der Waals surface area contributed by atoms with Gasteiger partial charge in [-0.2, -0.15) is 0 Å². The van der Waals surface area contributed by atoms with Gasteiger partial charge in [0.2, 0.25) is 0 Å². The quantitative estimate of drug-likeness (QED) is 0.585. The molecule has 9 heavy (non-hydrogen) atoms. The van der Waals surface area contributed by atoms with Crippen LogP contribution >= 0.6 is 24.0 Å². The van der Waals surface area contributed by atoms with Gasteiger partial charge in [-0.1, -0.05) is 6.92 Å². The zero-order chi connectivity index (χ0) is 6.41. The van der Waals surface area contributed by atoms with E-state index in [2.05, 4.69) is 5.32 Å². The van der Waals surface area contributed by atoms with Gasteiger partial charge < -0.3 is 16.8 Å². The highest BCUT2D eigenvalue weighted by atomic mass is 127. The van der Waals surface area contributed by atoms with E-state index in [-0.39, 0.29) is 24.0 Å². The van der Waals surface area contributed by atoms with Crippen LogP contribution in [0.2, 0.25) is 0 Å². The molecule has 0 aromatic rings. The molecule has 0 heterocycles. The Morgan fingerprint density at radius 1 is 1.33 bits per heavy atom. The molecule has 4 heteroatoms. The summed E-state index contributed by atoms with van der Waals surface area (Å²) in [6.07, 6.45) is 0. The molecule has 0 rings (SSSR count). The van der Waals surface area contributed by atoms with Gasteiger partial charge in [0.05, 0.1) is 0 Å². The lowest BCUT2D eigenvalue weighted by molar-refractivity contribution is 0.544. The van der Waals surface area contributed by atoms with Gasteiger partial charge in [-0.15, -0.1) is 24.0 Å². The predicted octanol–water partition coefficient (Wildman–Crippen LogP) is -0.500. The van der Waals surface area contributed by atoms with E-state index in [1.165, 1.54) is 0 Å². The smallest absolute Gasteiger partial charge is 0.0312 e. The summed E-state index contributed by atoms with van der Waals surface area (Å²) in [5.41, 5.74) is 10.7. The Hall–Kier alpha value is 0.610. The van der Waals surface area contributed by atoms with Crippen LogP contribution in [-0.2, 0) is 0 Å². The van der Waals surface area contributed by atoms with Gasteiger partial charge in [-0.25, -0.2) is 0 Å². The third-order valence-electron chi connectivity index (χ3n) is 1.06. The number of nitrogens with one attached hydrogen (secondary N) is 1. The lowest BCUT2D eigenvalue weighted by Gasteiger charge is -2.11. The minimum Gasteiger partial charge on any atom is -0.329 e. The second-order valence-corrected chi connectivity index (χ2v) is 1.73. The Morgan fingerprint density at radius 3 is 1.89 bits per heavy atom. The molecule has 0 fully saturated rings. The van der Waals surface area contributed by atoms with Gasteiger partial charge >= 0.3 is 0 Å². The van der Waals surface area contributed by atoms with Crippen LogP contribution in [0.25, 0.3) is 0 Å². The van der Waals surface area contributed by atoms with E-state index in [1.54, 1.807) is 0 Å². The molecule has 5 N–H and O–H groups in total. The first kappa shape index (κ1) is 12.3. The van der Waals surface area contributed by atoms with Crippen molar-refractivity contribution >= 4 is 24.0 Å². The molecule has 0 unspecified atom stereocenters. The van der Waals surface area contributed by atoms with Crippen LogP contribution in [0.5, 0.6) is 0 Å². The number of halogens is 1. The van der Waals surface area contributed by atoms with Gasteiger partial charge in [-0.05, 0) is 6.54 Å². The molecular weight excluding hydrogens is 229 g/mol. The molecule has 0 spiro atoms. The molecule has 0 aliphatic heterocycles. The average molecular weight is 245 g/mol. The van der Waals surface area contributed by atoms with Crippen LogP contribution in [-0.4, -0.2) is 25.7 Å². The summed E-state index contributed by atoms with van der Waals surface area (Å²) in [6, 6.07) is 0.306. The molecule has 0 radical (unpaired) electrons. The molecule has 58 valence electrons. The maximum absolute atomic E-state index is 5.33. The van der Waals surface area contributed by atoms with Gasteiger partial charge in [0, 0.05) is 19.1 Å². The zero-order valence-electron chi connectivity index (χ0n) is 5.76. The standard InChI is InChI=1S/C5H15N3.HI/c1-2-8-5(3-6)4-7;/h5,8H,2-4,6-7H2,1H3;1H. The first-order valence-electron chi connectivity index (χ1n) is 2.98. The monoisotopic (exact) mass is 245 g/mol. The second kappa shape index (κ2) is 8.61. The summed E-state index contributed by atoms with van der Waals surface area (Å²) in [5, 5.41) is 3.13.